The minimum absolute atomic E-state index is 0.0302. The van der Waals surface area contributed by atoms with Crippen LogP contribution in [0.3, 0.4) is 0 Å². The summed E-state index contributed by atoms with van der Waals surface area (Å²) >= 11 is 0. The average Bonchev–Trinajstić information content (AvgIpc) is 3.06. The molecule has 4 rings (SSSR count). The Morgan fingerprint density at radius 1 is 1.32 bits per heavy atom. The molecule has 1 saturated heterocycles. The van der Waals surface area contributed by atoms with Gasteiger partial charge in [0.1, 0.15) is 6.10 Å². The van der Waals surface area contributed by atoms with E-state index in [-0.39, 0.29) is 12.0 Å². The van der Waals surface area contributed by atoms with E-state index in [9.17, 15) is 4.79 Å². The highest BCUT2D eigenvalue weighted by atomic mass is 16.5. The average molecular weight is 336 g/mol. The van der Waals surface area contributed by atoms with Gasteiger partial charge in [0.2, 0.25) is 11.8 Å². The molecule has 0 aliphatic carbocycles. The van der Waals surface area contributed by atoms with Gasteiger partial charge in [0, 0.05) is 36.0 Å². The van der Waals surface area contributed by atoms with Gasteiger partial charge in [-0.3, -0.25) is 9.78 Å². The number of piperidine rings is 1. The van der Waals surface area contributed by atoms with E-state index in [0.717, 1.165) is 35.9 Å². The lowest BCUT2D eigenvalue weighted by Crippen LogP contribution is -2.45. The predicted molar refractivity (Wildman–Crippen MR) is 94.3 cm³/mol. The van der Waals surface area contributed by atoms with Crippen LogP contribution in [0.25, 0.3) is 10.9 Å². The van der Waals surface area contributed by atoms with E-state index in [0.29, 0.717) is 18.8 Å². The number of amides is 1. The zero-order chi connectivity index (χ0) is 17.1. The Hall–Kier alpha value is -2.89. The van der Waals surface area contributed by atoms with Crippen LogP contribution in [0.4, 0.5) is 0 Å². The van der Waals surface area contributed by atoms with E-state index in [4.69, 9.17) is 4.74 Å². The topological polar surface area (TPSA) is 71.1 Å². The fraction of sp³-hybridized carbons (Fsp3) is 0.316. The molecule has 0 unspecified atom stereocenters. The Bertz CT molecular complexity index is 862. The quantitative estimate of drug-likeness (QED) is 0.795. The van der Waals surface area contributed by atoms with Gasteiger partial charge in [0.15, 0.2) is 0 Å². The number of likely N-dealkylation sites (tertiary alicyclic amines) is 1. The number of para-hydroxylation sites is 1. The third kappa shape index (κ3) is 3.47. The van der Waals surface area contributed by atoms with Gasteiger partial charge in [-0.25, -0.2) is 4.98 Å². The molecule has 1 atom stereocenters. The highest BCUT2D eigenvalue weighted by Gasteiger charge is 2.25. The fourth-order valence-electron chi connectivity index (χ4n) is 3.33. The number of carbonyl (C=O) groups is 1. The number of hydrogen-bond donors (Lipinski definition) is 1. The van der Waals surface area contributed by atoms with Crippen molar-refractivity contribution in [1.29, 1.82) is 0 Å². The summed E-state index contributed by atoms with van der Waals surface area (Å²) in [5, 5.41) is 1.11. The summed E-state index contributed by atoms with van der Waals surface area (Å²) in [6.45, 7) is 1.37. The maximum Gasteiger partial charge on any atom is 0.232 e. The van der Waals surface area contributed by atoms with Crippen LogP contribution in [0.15, 0.2) is 49.1 Å². The Labute approximate surface area is 145 Å². The zero-order valence-corrected chi connectivity index (χ0v) is 13.9. The first-order valence-electron chi connectivity index (χ1n) is 8.55. The molecule has 128 valence electrons. The van der Waals surface area contributed by atoms with Crippen LogP contribution in [-0.2, 0) is 11.2 Å². The molecule has 0 radical (unpaired) electrons. The van der Waals surface area contributed by atoms with Gasteiger partial charge in [-0.1, -0.05) is 18.2 Å². The number of H-pyrrole nitrogens is 1. The van der Waals surface area contributed by atoms with Gasteiger partial charge < -0.3 is 14.6 Å². The third-order valence-corrected chi connectivity index (χ3v) is 4.57. The van der Waals surface area contributed by atoms with Gasteiger partial charge >= 0.3 is 0 Å². The van der Waals surface area contributed by atoms with Gasteiger partial charge in [-0.15, -0.1) is 0 Å². The maximum absolute atomic E-state index is 12.7. The molecule has 1 aliphatic heterocycles. The SMILES string of the molecule is O=C(Cc1c[nH]c2ccccc12)N1CCC[C@H](Oc2cnccn2)C1. The molecule has 25 heavy (non-hydrogen) atoms. The van der Waals surface area contributed by atoms with Crippen LogP contribution < -0.4 is 4.74 Å². The van der Waals surface area contributed by atoms with Gasteiger partial charge in [-0.2, -0.15) is 0 Å². The number of benzene rings is 1. The predicted octanol–water partition coefficient (Wildman–Crippen LogP) is 2.57. The minimum Gasteiger partial charge on any atom is -0.471 e. The number of hydrogen-bond acceptors (Lipinski definition) is 4. The molecular weight excluding hydrogens is 316 g/mol. The standard InChI is InChI=1S/C19H20N4O2/c24-19(10-14-11-22-17-6-2-1-5-16(14)17)23-9-3-4-15(13-23)25-18-12-20-7-8-21-18/h1-2,5-8,11-12,15,22H,3-4,9-10,13H2/t15-/m0/s1. The number of fused-ring (bicyclic) bond motifs is 1. The van der Waals surface area contributed by atoms with Crippen molar-refractivity contribution >= 4 is 16.8 Å². The number of nitrogens with one attached hydrogen (secondary N) is 1. The third-order valence-electron chi connectivity index (χ3n) is 4.57. The van der Waals surface area contributed by atoms with Crippen LogP contribution in [0.1, 0.15) is 18.4 Å². The largest absolute Gasteiger partial charge is 0.471 e. The lowest BCUT2D eigenvalue weighted by atomic mass is 10.1. The van der Waals surface area contributed by atoms with Crippen molar-refractivity contribution in [3.05, 3.63) is 54.6 Å². The molecule has 6 nitrogen and oxygen atoms in total. The van der Waals surface area contributed by atoms with Crippen LogP contribution in [-0.4, -0.2) is 45.0 Å². The first kappa shape index (κ1) is 15.6. The van der Waals surface area contributed by atoms with Crippen molar-refractivity contribution < 1.29 is 9.53 Å². The van der Waals surface area contributed by atoms with Crippen molar-refractivity contribution in [3.8, 4) is 5.88 Å². The summed E-state index contributed by atoms with van der Waals surface area (Å²) in [4.78, 5) is 26.0. The second-order valence-corrected chi connectivity index (χ2v) is 6.30. The molecule has 1 aromatic carbocycles. The summed E-state index contributed by atoms with van der Waals surface area (Å²) in [6, 6.07) is 8.05. The Kier molecular flexibility index (Phi) is 4.33. The van der Waals surface area contributed by atoms with Gasteiger partial charge in [0.25, 0.3) is 0 Å². The molecule has 0 bridgehead atoms. The fourth-order valence-corrected chi connectivity index (χ4v) is 3.33. The molecule has 3 heterocycles. The van der Waals surface area contributed by atoms with Gasteiger partial charge in [0.05, 0.1) is 19.2 Å². The maximum atomic E-state index is 12.7. The Morgan fingerprint density at radius 2 is 2.24 bits per heavy atom. The van der Waals surface area contributed by atoms with Crippen LogP contribution in [0.5, 0.6) is 5.88 Å². The van der Waals surface area contributed by atoms with E-state index in [1.54, 1.807) is 18.6 Å². The van der Waals surface area contributed by atoms with Crippen molar-refractivity contribution in [2.45, 2.75) is 25.4 Å². The number of carbonyl (C=O) groups excluding carboxylic acids is 1. The monoisotopic (exact) mass is 336 g/mol. The Balaban J connectivity index is 1.41. The van der Waals surface area contributed by atoms with E-state index >= 15 is 0 Å². The molecule has 1 amide bonds. The summed E-state index contributed by atoms with van der Waals surface area (Å²) in [6.07, 6.45) is 8.99. The summed E-state index contributed by atoms with van der Waals surface area (Å²) < 4.78 is 5.87. The molecule has 2 aromatic heterocycles. The lowest BCUT2D eigenvalue weighted by molar-refractivity contribution is -0.133. The number of aromatic amines is 1. The van der Waals surface area contributed by atoms with Crippen LogP contribution in [0.2, 0.25) is 0 Å². The van der Waals surface area contributed by atoms with Crippen LogP contribution >= 0.6 is 0 Å². The second kappa shape index (κ2) is 6.93. The molecule has 0 spiro atoms. The van der Waals surface area contributed by atoms with Crippen molar-refractivity contribution in [3.63, 3.8) is 0 Å². The first-order chi connectivity index (χ1) is 12.3. The van der Waals surface area contributed by atoms with Crippen molar-refractivity contribution in [2.75, 3.05) is 13.1 Å². The van der Waals surface area contributed by atoms with E-state index in [1.165, 1.54) is 0 Å². The first-order valence-corrected chi connectivity index (χ1v) is 8.55. The zero-order valence-electron chi connectivity index (χ0n) is 13.9. The Morgan fingerprint density at radius 3 is 3.12 bits per heavy atom. The molecule has 1 fully saturated rings. The van der Waals surface area contributed by atoms with Gasteiger partial charge in [-0.05, 0) is 24.5 Å². The summed E-state index contributed by atoms with van der Waals surface area (Å²) in [5.74, 6) is 0.649. The number of rotatable bonds is 4. The highest BCUT2D eigenvalue weighted by Crippen LogP contribution is 2.21. The second-order valence-electron chi connectivity index (χ2n) is 6.30. The number of aromatic nitrogens is 3. The van der Waals surface area contributed by atoms with E-state index < -0.39 is 0 Å². The van der Waals surface area contributed by atoms with Crippen molar-refractivity contribution in [1.82, 2.24) is 19.9 Å². The minimum atomic E-state index is -0.0302. The highest BCUT2D eigenvalue weighted by molar-refractivity contribution is 5.88. The molecule has 1 aliphatic rings. The summed E-state index contributed by atoms with van der Waals surface area (Å²) in [7, 11) is 0. The van der Waals surface area contributed by atoms with E-state index in [2.05, 4.69) is 15.0 Å². The molecular formula is C19H20N4O2. The van der Waals surface area contributed by atoms with Crippen molar-refractivity contribution in [2.24, 2.45) is 0 Å². The summed E-state index contributed by atoms with van der Waals surface area (Å²) in [5.41, 5.74) is 2.10. The lowest BCUT2D eigenvalue weighted by Gasteiger charge is -2.32. The van der Waals surface area contributed by atoms with E-state index in [1.807, 2.05) is 35.4 Å². The van der Waals surface area contributed by atoms with Crippen LogP contribution in [0, 0.1) is 0 Å². The molecule has 6 heteroatoms. The molecule has 3 aromatic rings. The number of ether oxygens (including phenoxy) is 1. The molecule has 1 N–H and O–H groups in total. The normalized spacial score (nSPS) is 17.6. The number of nitrogens with zero attached hydrogens (tertiary/aromatic N) is 3. The molecule has 0 saturated carbocycles. The smallest absolute Gasteiger partial charge is 0.232 e.